The van der Waals surface area contributed by atoms with Crippen molar-refractivity contribution in [3.8, 4) is 5.75 Å². The number of halogens is 2. The molecular formula is C16H14F2N2O3. The van der Waals surface area contributed by atoms with E-state index in [2.05, 4.69) is 5.16 Å². The van der Waals surface area contributed by atoms with Gasteiger partial charge in [-0.25, -0.2) is 4.39 Å². The number of benzene rings is 1. The predicted octanol–water partition coefficient (Wildman–Crippen LogP) is 2.87. The van der Waals surface area contributed by atoms with Crippen LogP contribution in [0.15, 0.2) is 16.7 Å². The number of hydrogen-bond donors (Lipinski definition) is 0. The summed E-state index contributed by atoms with van der Waals surface area (Å²) in [6, 6.07) is 2.33. The van der Waals surface area contributed by atoms with E-state index >= 15 is 0 Å². The molecule has 4 rings (SSSR count). The molecule has 0 fully saturated rings. The highest BCUT2D eigenvalue weighted by atomic mass is 19.2. The molecule has 0 bridgehead atoms. The fourth-order valence-corrected chi connectivity index (χ4v) is 3.12. The highest BCUT2D eigenvalue weighted by Gasteiger charge is 2.32. The Morgan fingerprint density at radius 3 is 2.91 bits per heavy atom. The first kappa shape index (κ1) is 14.2. The van der Waals surface area contributed by atoms with Crippen LogP contribution >= 0.6 is 0 Å². The zero-order valence-corrected chi connectivity index (χ0v) is 12.3. The lowest BCUT2D eigenvalue weighted by atomic mass is 9.96. The summed E-state index contributed by atoms with van der Waals surface area (Å²) in [5.74, 6) is -1.94. The number of carbonyl (C=O) groups excluding carboxylic acids is 1. The molecule has 0 radical (unpaired) electrons. The molecule has 0 atom stereocenters. The number of fused-ring (bicyclic) bond motifs is 2. The van der Waals surface area contributed by atoms with Crippen LogP contribution in [0.2, 0.25) is 0 Å². The van der Waals surface area contributed by atoms with Crippen molar-refractivity contribution in [2.75, 3.05) is 18.1 Å². The number of ether oxygens (including phenoxy) is 1. The molecule has 0 spiro atoms. The zero-order chi connectivity index (χ0) is 16.0. The van der Waals surface area contributed by atoms with Gasteiger partial charge >= 0.3 is 0 Å². The van der Waals surface area contributed by atoms with E-state index in [4.69, 9.17) is 9.26 Å². The van der Waals surface area contributed by atoms with Crippen LogP contribution in [0.5, 0.6) is 5.75 Å². The zero-order valence-electron chi connectivity index (χ0n) is 12.3. The molecular weight excluding hydrogens is 306 g/mol. The molecule has 7 heteroatoms. The maximum absolute atomic E-state index is 13.9. The third kappa shape index (κ3) is 2.18. The first-order valence-corrected chi connectivity index (χ1v) is 7.57. The van der Waals surface area contributed by atoms with Crippen molar-refractivity contribution in [1.82, 2.24) is 5.16 Å². The summed E-state index contributed by atoms with van der Waals surface area (Å²) >= 11 is 0. The third-order valence-electron chi connectivity index (χ3n) is 4.28. The molecule has 2 heterocycles. The summed E-state index contributed by atoms with van der Waals surface area (Å²) in [7, 11) is 0. The van der Waals surface area contributed by atoms with E-state index in [-0.39, 0.29) is 36.2 Å². The summed E-state index contributed by atoms with van der Waals surface area (Å²) in [6.45, 7) is 0.345. The summed E-state index contributed by atoms with van der Waals surface area (Å²) < 4.78 is 37.7. The van der Waals surface area contributed by atoms with Gasteiger partial charge < -0.3 is 9.26 Å². The fraction of sp³-hybridized carbons (Fsp3) is 0.375. The number of amides is 1. The van der Waals surface area contributed by atoms with E-state index in [1.54, 1.807) is 0 Å². The van der Waals surface area contributed by atoms with Crippen LogP contribution in [0, 0.1) is 11.6 Å². The van der Waals surface area contributed by atoms with E-state index in [0.29, 0.717) is 0 Å². The summed E-state index contributed by atoms with van der Waals surface area (Å²) in [4.78, 5) is 14.2. The Hall–Kier alpha value is -2.44. The predicted molar refractivity (Wildman–Crippen MR) is 76.7 cm³/mol. The molecule has 5 nitrogen and oxygen atoms in total. The van der Waals surface area contributed by atoms with Gasteiger partial charge in [-0.05, 0) is 31.4 Å². The topological polar surface area (TPSA) is 55.6 Å². The number of hydrogen-bond acceptors (Lipinski definition) is 4. The van der Waals surface area contributed by atoms with Crippen molar-refractivity contribution in [3.05, 3.63) is 40.8 Å². The van der Waals surface area contributed by atoms with E-state index in [9.17, 15) is 13.6 Å². The molecule has 0 saturated heterocycles. The van der Waals surface area contributed by atoms with Gasteiger partial charge in [0.15, 0.2) is 17.3 Å². The molecule has 0 unspecified atom stereocenters. The monoisotopic (exact) mass is 320 g/mol. The van der Waals surface area contributed by atoms with Crippen LogP contribution in [0.3, 0.4) is 0 Å². The van der Waals surface area contributed by atoms with Gasteiger partial charge in [0, 0.05) is 12.0 Å². The van der Waals surface area contributed by atoms with Crippen LogP contribution in [0.1, 0.15) is 34.7 Å². The van der Waals surface area contributed by atoms with Crippen molar-refractivity contribution in [2.24, 2.45) is 0 Å². The largest absolute Gasteiger partial charge is 0.486 e. The molecule has 1 aromatic carbocycles. The average molecular weight is 320 g/mol. The highest BCUT2D eigenvalue weighted by Crippen LogP contribution is 2.36. The Balaban J connectivity index is 1.74. The van der Waals surface area contributed by atoms with E-state index < -0.39 is 11.6 Å². The minimum absolute atomic E-state index is 0.0964. The normalized spacial score (nSPS) is 16.5. The van der Waals surface area contributed by atoms with E-state index in [1.807, 2.05) is 0 Å². The molecule has 1 aliphatic carbocycles. The minimum atomic E-state index is -1.08. The molecule has 1 aliphatic heterocycles. The summed E-state index contributed by atoms with van der Waals surface area (Å²) in [5.41, 5.74) is 1.31. The Morgan fingerprint density at radius 1 is 1.22 bits per heavy atom. The van der Waals surface area contributed by atoms with Crippen molar-refractivity contribution in [3.63, 3.8) is 0 Å². The highest BCUT2D eigenvalue weighted by molar-refractivity contribution is 6.06. The van der Waals surface area contributed by atoms with Crippen molar-refractivity contribution in [1.29, 1.82) is 0 Å². The fourth-order valence-electron chi connectivity index (χ4n) is 3.12. The van der Waals surface area contributed by atoms with Gasteiger partial charge in [-0.3, -0.25) is 9.69 Å². The lowest BCUT2D eigenvalue weighted by Gasteiger charge is -2.29. The maximum atomic E-state index is 13.9. The van der Waals surface area contributed by atoms with E-state index in [1.165, 1.54) is 11.0 Å². The Morgan fingerprint density at radius 2 is 2.04 bits per heavy atom. The molecule has 1 aromatic heterocycles. The van der Waals surface area contributed by atoms with Gasteiger partial charge in [0.25, 0.3) is 5.91 Å². The summed E-state index contributed by atoms with van der Waals surface area (Å²) in [6.07, 6.45) is 3.51. The van der Waals surface area contributed by atoms with Gasteiger partial charge in [-0.1, -0.05) is 5.16 Å². The van der Waals surface area contributed by atoms with Gasteiger partial charge in [0.1, 0.15) is 12.4 Å². The first-order chi connectivity index (χ1) is 11.2. The van der Waals surface area contributed by atoms with Crippen molar-refractivity contribution in [2.45, 2.75) is 25.7 Å². The Labute approximate surface area is 130 Å². The third-order valence-corrected chi connectivity index (χ3v) is 4.28. The van der Waals surface area contributed by atoms with E-state index in [0.717, 1.165) is 43.1 Å². The Bertz CT molecular complexity index is 788. The van der Waals surface area contributed by atoms with Crippen LogP contribution in [-0.4, -0.2) is 24.2 Å². The van der Waals surface area contributed by atoms with Gasteiger partial charge in [-0.2, -0.15) is 4.39 Å². The number of aryl methyl sites for hydroxylation is 1. The van der Waals surface area contributed by atoms with Gasteiger partial charge in [0.05, 0.1) is 12.2 Å². The second-order valence-corrected chi connectivity index (χ2v) is 5.65. The number of nitrogens with zero attached hydrogens (tertiary/aromatic N) is 2. The number of anilines is 1. The number of aromatic nitrogens is 1. The van der Waals surface area contributed by atoms with Crippen LogP contribution in [-0.2, 0) is 12.8 Å². The quantitative estimate of drug-likeness (QED) is 0.811. The average Bonchev–Trinajstić information content (AvgIpc) is 3.01. The maximum Gasteiger partial charge on any atom is 0.280 e. The Kier molecular flexibility index (Phi) is 3.28. The standard InChI is InChI=1S/C16H14F2N2O3/c17-10-5-6-11-15(13(10)18)22-8-7-20(11)16(21)14-9-3-1-2-4-12(9)23-19-14/h5-6H,1-4,7-8H2. The molecule has 0 saturated carbocycles. The lowest BCUT2D eigenvalue weighted by molar-refractivity contribution is 0.0966. The molecule has 1 amide bonds. The van der Waals surface area contributed by atoms with Crippen molar-refractivity contribution < 1.29 is 22.8 Å². The first-order valence-electron chi connectivity index (χ1n) is 7.57. The molecule has 2 aliphatic rings. The van der Waals surface area contributed by atoms with Crippen LogP contribution in [0.25, 0.3) is 0 Å². The van der Waals surface area contributed by atoms with Crippen LogP contribution < -0.4 is 9.64 Å². The summed E-state index contributed by atoms with van der Waals surface area (Å²) in [5, 5.41) is 3.91. The lowest BCUT2D eigenvalue weighted by Crippen LogP contribution is -2.39. The smallest absolute Gasteiger partial charge is 0.280 e. The van der Waals surface area contributed by atoms with Crippen molar-refractivity contribution >= 4 is 11.6 Å². The second kappa shape index (κ2) is 5.33. The van der Waals surface area contributed by atoms with Crippen LogP contribution in [0.4, 0.5) is 14.5 Å². The minimum Gasteiger partial charge on any atom is -0.486 e. The number of rotatable bonds is 1. The molecule has 2 aromatic rings. The molecule has 120 valence electrons. The SMILES string of the molecule is O=C(c1noc2c1CCCC2)N1CCOc2c1ccc(F)c2F. The van der Waals surface area contributed by atoms with Gasteiger partial charge in [0.2, 0.25) is 5.82 Å². The number of carbonyl (C=O) groups is 1. The van der Waals surface area contributed by atoms with Gasteiger partial charge in [-0.15, -0.1) is 0 Å². The second-order valence-electron chi connectivity index (χ2n) is 5.65. The molecule has 0 N–H and O–H groups in total. The molecule has 23 heavy (non-hydrogen) atoms.